The predicted octanol–water partition coefficient (Wildman–Crippen LogP) is 1.76. The molecule has 68 valence electrons. The van der Waals surface area contributed by atoms with Crippen molar-refractivity contribution in [2.24, 2.45) is 0 Å². The van der Waals surface area contributed by atoms with Crippen LogP contribution in [0.15, 0.2) is 10.9 Å². The molecule has 0 unspecified atom stereocenters. The lowest BCUT2D eigenvalue weighted by molar-refractivity contribution is 0.295. The third kappa shape index (κ3) is 1.87. The average Bonchev–Trinajstić information content (AvgIpc) is 2.32. The van der Waals surface area contributed by atoms with Crippen LogP contribution in [0.1, 0.15) is 25.6 Å². The third-order valence-electron chi connectivity index (χ3n) is 1.71. The molecule has 0 aliphatic rings. The summed E-state index contributed by atoms with van der Waals surface area (Å²) in [6.45, 7) is 4.35. The summed E-state index contributed by atoms with van der Waals surface area (Å²) in [7, 11) is 0. The molecule has 0 radical (unpaired) electrons. The van der Waals surface area contributed by atoms with Crippen molar-refractivity contribution in [2.45, 2.75) is 26.3 Å². The van der Waals surface area contributed by atoms with Crippen LogP contribution in [0, 0.1) is 0 Å². The van der Waals surface area contributed by atoms with Crippen molar-refractivity contribution < 1.29 is 5.11 Å². The fourth-order valence-electron chi connectivity index (χ4n) is 1.21. The summed E-state index contributed by atoms with van der Waals surface area (Å²) in [6.07, 6.45) is 2.46. The van der Waals surface area contributed by atoms with Crippen LogP contribution in [0.25, 0.3) is 0 Å². The molecular weight excluding hydrogens is 220 g/mol. The fraction of sp³-hybridized carbons (Fsp3) is 0.625. The highest BCUT2D eigenvalue weighted by Gasteiger charge is 2.09. The Labute approximate surface area is 80.6 Å². The number of imidazole rings is 1. The highest BCUT2D eigenvalue weighted by molar-refractivity contribution is 9.10. The molecule has 0 saturated heterocycles. The van der Waals surface area contributed by atoms with E-state index < -0.39 is 0 Å². The SMILES string of the molecule is CC(C)n1c(CCO)cnc1Br. The van der Waals surface area contributed by atoms with Crippen LogP contribution in [0.3, 0.4) is 0 Å². The van der Waals surface area contributed by atoms with Crippen molar-refractivity contribution in [3.05, 3.63) is 16.6 Å². The van der Waals surface area contributed by atoms with Crippen LogP contribution >= 0.6 is 15.9 Å². The minimum atomic E-state index is 0.171. The van der Waals surface area contributed by atoms with Crippen LogP contribution in [0.2, 0.25) is 0 Å². The van der Waals surface area contributed by atoms with Gasteiger partial charge in [-0.2, -0.15) is 0 Å². The van der Waals surface area contributed by atoms with Gasteiger partial charge >= 0.3 is 0 Å². The van der Waals surface area contributed by atoms with E-state index >= 15 is 0 Å². The molecule has 0 aromatic carbocycles. The second kappa shape index (κ2) is 4.05. The molecule has 0 saturated carbocycles. The Morgan fingerprint density at radius 3 is 2.83 bits per heavy atom. The number of halogens is 1. The molecule has 1 aromatic rings. The van der Waals surface area contributed by atoms with E-state index in [9.17, 15) is 0 Å². The zero-order chi connectivity index (χ0) is 9.14. The predicted molar refractivity (Wildman–Crippen MR) is 51.1 cm³/mol. The van der Waals surface area contributed by atoms with Crippen LogP contribution in [-0.4, -0.2) is 21.3 Å². The number of hydrogen-bond donors (Lipinski definition) is 1. The van der Waals surface area contributed by atoms with Crippen molar-refractivity contribution in [3.63, 3.8) is 0 Å². The number of hydrogen-bond acceptors (Lipinski definition) is 2. The van der Waals surface area contributed by atoms with Gasteiger partial charge in [-0.3, -0.25) is 0 Å². The van der Waals surface area contributed by atoms with Crippen molar-refractivity contribution >= 4 is 15.9 Å². The lowest BCUT2D eigenvalue weighted by atomic mass is 10.3. The minimum Gasteiger partial charge on any atom is -0.396 e. The third-order valence-corrected chi connectivity index (χ3v) is 2.30. The van der Waals surface area contributed by atoms with E-state index in [2.05, 4.69) is 39.3 Å². The van der Waals surface area contributed by atoms with Crippen LogP contribution in [-0.2, 0) is 6.42 Å². The van der Waals surface area contributed by atoms with Gasteiger partial charge in [-0.15, -0.1) is 0 Å². The van der Waals surface area contributed by atoms with E-state index in [-0.39, 0.29) is 6.61 Å². The number of nitrogens with zero attached hydrogens (tertiary/aromatic N) is 2. The molecule has 0 amide bonds. The number of aromatic nitrogens is 2. The quantitative estimate of drug-likeness (QED) is 0.863. The molecule has 1 aromatic heterocycles. The van der Waals surface area contributed by atoms with Crippen LogP contribution in [0.4, 0.5) is 0 Å². The van der Waals surface area contributed by atoms with Crippen molar-refractivity contribution in [3.8, 4) is 0 Å². The molecule has 0 aliphatic carbocycles. The molecule has 1 rings (SSSR count). The first-order valence-electron chi connectivity index (χ1n) is 3.99. The molecule has 4 heteroatoms. The largest absolute Gasteiger partial charge is 0.396 e. The minimum absolute atomic E-state index is 0.171. The number of aliphatic hydroxyl groups is 1. The summed E-state index contributed by atoms with van der Waals surface area (Å²) in [5.74, 6) is 0. The molecule has 3 nitrogen and oxygen atoms in total. The molecule has 0 fully saturated rings. The summed E-state index contributed by atoms with van der Waals surface area (Å²) in [4.78, 5) is 4.12. The Morgan fingerprint density at radius 1 is 1.67 bits per heavy atom. The van der Waals surface area contributed by atoms with Crippen molar-refractivity contribution in [1.29, 1.82) is 0 Å². The zero-order valence-electron chi connectivity index (χ0n) is 7.29. The van der Waals surface area contributed by atoms with Crippen molar-refractivity contribution in [2.75, 3.05) is 6.61 Å². The van der Waals surface area contributed by atoms with E-state index in [0.717, 1.165) is 10.4 Å². The standard InChI is InChI=1S/C8H13BrN2O/c1-6(2)11-7(3-4-12)5-10-8(11)9/h5-6,12H,3-4H2,1-2H3. The van der Waals surface area contributed by atoms with Gasteiger partial charge in [-0.1, -0.05) is 0 Å². The Bertz CT molecular complexity index is 258. The topological polar surface area (TPSA) is 38.0 Å². The molecule has 12 heavy (non-hydrogen) atoms. The average molecular weight is 233 g/mol. The second-order valence-corrected chi connectivity index (χ2v) is 3.67. The number of aliphatic hydroxyl groups excluding tert-OH is 1. The molecule has 0 spiro atoms. The van der Waals surface area contributed by atoms with Gasteiger partial charge in [0.1, 0.15) is 0 Å². The molecule has 0 atom stereocenters. The molecule has 0 aliphatic heterocycles. The summed E-state index contributed by atoms with van der Waals surface area (Å²) in [6, 6.07) is 0.378. The lowest BCUT2D eigenvalue weighted by Gasteiger charge is -2.12. The van der Waals surface area contributed by atoms with Gasteiger partial charge in [0.25, 0.3) is 0 Å². The Hall–Kier alpha value is -0.350. The maximum absolute atomic E-state index is 8.78. The number of rotatable bonds is 3. The summed E-state index contributed by atoms with van der Waals surface area (Å²) < 4.78 is 2.90. The summed E-state index contributed by atoms with van der Waals surface area (Å²) in [5, 5.41) is 8.78. The molecule has 0 bridgehead atoms. The first-order valence-corrected chi connectivity index (χ1v) is 4.78. The summed E-state index contributed by atoms with van der Waals surface area (Å²) in [5.41, 5.74) is 1.07. The fourth-order valence-corrected chi connectivity index (χ4v) is 1.95. The van der Waals surface area contributed by atoms with Gasteiger partial charge in [0.05, 0.1) is 0 Å². The highest BCUT2D eigenvalue weighted by Crippen LogP contribution is 2.18. The van der Waals surface area contributed by atoms with E-state index in [1.54, 1.807) is 6.20 Å². The van der Waals surface area contributed by atoms with Gasteiger partial charge in [0.15, 0.2) is 4.73 Å². The highest BCUT2D eigenvalue weighted by atomic mass is 79.9. The van der Waals surface area contributed by atoms with E-state index in [1.807, 2.05) is 0 Å². The van der Waals surface area contributed by atoms with Gasteiger partial charge < -0.3 is 9.67 Å². The Balaban J connectivity index is 2.95. The Morgan fingerprint density at radius 2 is 2.33 bits per heavy atom. The van der Waals surface area contributed by atoms with Gasteiger partial charge in [0, 0.05) is 31.0 Å². The first kappa shape index (κ1) is 9.74. The van der Waals surface area contributed by atoms with Crippen molar-refractivity contribution in [1.82, 2.24) is 9.55 Å². The molecule has 1 N–H and O–H groups in total. The van der Waals surface area contributed by atoms with E-state index in [1.165, 1.54) is 0 Å². The normalized spacial score (nSPS) is 11.1. The maximum atomic E-state index is 8.78. The van der Waals surface area contributed by atoms with Gasteiger partial charge in [0.2, 0.25) is 0 Å². The second-order valence-electron chi connectivity index (χ2n) is 2.96. The molecular formula is C8H13BrN2O. The van der Waals surface area contributed by atoms with Gasteiger partial charge in [-0.25, -0.2) is 4.98 Å². The van der Waals surface area contributed by atoms with Crippen LogP contribution in [0.5, 0.6) is 0 Å². The first-order chi connectivity index (χ1) is 5.66. The van der Waals surface area contributed by atoms with Gasteiger partial charge in [-0.05, 0) is 29.8 Å². The van der Waals surface area contributed by atoms with E-state index in [0.29, 0.717) is 12.5 Å². The smallest absolute Gasteiger partial charge is 0.177 e. The lowest BCUT2D eigenvalue weighted by Crippen LogP contribution is -2.07. The maximum Gasteiger partial charge on any atom is 0.177 e. The monoisotopic (exact) mass is 232 g/mol. The Kier molecular flexibility index (Phi) is 3.29. The van der Waals surface area contributed by atoms with Crippen LogP contribution < -0.4 is 0 Å². The molecule has 1 heterocycles. The van der Waals surface area contributed by atoms with E-state index in [4.69, 9.17) is 5.11 Å². The zero-order valence-corrected chi connectivity index (χ0v) is 8.87. The summed E-state index contributed by atoms with van der Waals surface area (Å²) >= 11 is 3.36.